The Labute approximate surface area is 133 Å². The summed E-state index contributed by atoms with van der Waals surface area (Å²) < 4.78 is 0. The lowest BCUT2D eigenvalue weighted by atomic mass is 10.0. The molecule has 1 heterocycles. The third-order valence-electron chi connectivity index (χ3n) is 3.55. The SMILES string of the molecule is O=C(Nc1ccccc1Cc1ccccc1)c1ccc(=O)[nH]c1. The zero-order valence-electron chi connectivity index (χ0n) is 12.5. The van der Waals surface area contributed by atoms with Gasteiger partial charge in [0.15, 0.2) is 0 Å². The average molecular weight is 304 g/mol. The van der Waals surface area contributed by atoms with Gasteiger partial charge >= 0.3 is 0 Å². The topological polar surface area (TPSA) is 62.0 Å². The fourth-order valence-corrected chi connectivity index (χ4v) is 2.36. The van der Waals surface area contributed by atoms with E-state index in [1.54, 1.807) is 0 Å². The lowest BCUT2D eigenvalue weighted by molar-refractivity contribution is 0.102. The first-order valence-corrected chi connectivity index (χ1v) is 7.34. The third kappa shape index (κ3) is 3.74. The van der Waals surface area contributed by atoms with Crippen molar-refractivity contribution in [1.82, 2.24) is 4.98 Å². The lowest BCUT2D eigenvalue weighted by Gasteiger charge is -2.11. The van der Waals surface area contributed by atoms with Crippen LogP contribution in [0.1, 0.15) is 21.5 Å². The van der Waals surface area contributed by atoms with E-state index < -0.39 is 0 Å². The summed E-state index contributed by atoms with van der Waals surface area (Å²) in [7, 11) is 0. The number of nitrogens with one attached hydrogen (secondary N) is 2. The van der Waals surface area contributed by atoms with Crippen LogP contribution in [0, 0.1) is 0 Å². The Balaban J connectivity index is 1.81. The van der Waals surface area contributed by atoms with E-state index in [9.17, 15) is 9.59 Å². The fraction of sp³-hybridized carbons (Fsp3) is 0.0526. The summed E-state index contributed by atoms with van der Waals surface area (Å²) >= 11 is 0. The van der Waals surface area contributed by atoms with Gasteiger partial charge in [0, 0.05) is 18.0 Å². The van der Waals surface area contributed by atoms with E-state index in [-0.39, 0.29) is 11.5 Å². The van der Waals surface area contributed by atoms with Crippen LogP contribution in [0.25, 0.3) is 0 Å². The summed E-state index contributed by atoms with van der Waals surface area (Å²) in [5, 5.41) is 2.91. The maximum absolute atomic E-state index is 12.3. The molecule has 0 atom stereocenters. The van der Waals surface area contributed by atoms with Crippen LogP contribution in [0.2, 0.25) is 0 Å². The largest absolute Gasteiger partial charge is 0.328 e. The number of rotatable bonds is 4. The van der Waals surface area contributed by atoms with E-state index in [2.05, 4.69) is 22.4 Å². The third-order valence-corrected chi connectivity index (χ3v) is 3.55. The highest BCUT2D eigenvalue weighted by molar-refractivity contribution is 6.04. The predicted octanol–water partition coefficient (Wildman–Crippen LogP) is 3.22. The Morgan fingerprint density at radius 2 is 1.65 bits per heavy atom. The molecule has 0 aliphatic rings. The standard InChI is InChI=1S/C19H16N2O2/c22-18-11-10-16(13-20-18)19(23)21-17-9-5-4-8-15(17)12-14-6-2-1-3-7-14/h1-11,13H,12H2,(H,20,22)(H,21,23). The molecule has 3 aromatic rings. The van der Waals surface area contributed by atoms with Gasteiger partial charge in [-0.15, -0.1) is 0 Å². The van der Waals surface area contributed by atoms with Crippen LogP contribution in [0.15, 0.2) is 77.7 Å². The highest BCUT2D eigenvalue weighted by Gasteiger charge is 2.09. The van der Waals surface area contributed by atoms with Crippen molar-refractivity contribution in [1.29, 1.82) is 0 Å². The Bertz CT molecular complexity index is 849. The van der Waals surface area contributed by atoms with Crippen molar-refractivity contribution in [3.05, 3.63) is 100.0 Å². The first-order valence-electron chi connectivity index (χ1n) is 7.34. The van der Waals surface area contributed by atoms with Crippen LogP contribution >= 0.6 is 0 Å². The normalized spacial score (nSPS) is 10.3. The van der Waals surface area contributed by atoms with Gasteiger partial charge in [-0.3, -0.25) is 9.59 Å². The van der Waals surface area contributed by atoms with Crippen LogP contribution in [-0.4, -0.2) is 10.9 Å². The molecule has 0 bridgehead atoms. The van der Waals surface area contributed by atoms with Crippen LogP contribution in [-0.2, 0) is 6.42 Å². The molecule has 4 heteroatoms. The van der Waals surface area contributed by atoms with E-state index in [1.807, 2.05) is 42.5 Å². The molecule has 0 saturated heterocycles. The van der Waals surface area contributed by atoms with Crippen molar-refractivity contribution in [3.63, 3.8) is 0 Å². The molecule has 1 aromatic heterocycles. The Morgan fingerprint density at radius 3 is 2.39 bits per heavy atom. The van der Waals surface area contributed by atoms with Crippen molar-refractivity contribution in [2.75, 3.05) is 5.32 Å². The number of anilines is 1. The molecule has 0 radical (unpaired) electrons. The van der Waals surface area contributed by atoms with Gasteiger partial charge < -0.3 is 10.3 Å². The molecule has 1 amide bonds. The minimum atomic E-state index is -0.248. The molecule has 0 saturated carbocycles. The number of amides is 1. The smallest absolute Gasteiger partial charge is 0.257 e. The maximum atomic E-state index is 12.3. The fourth-order valence-electron chi connectivity index (χ4n) is 2.36. The zero-order valence-corrected chi connectivity index (χ0v) is 12.5. The summed E-state index contributed by atoms with van der Waals surface area (Å²) in [5.41, 5.74) is 3.17. The minimum Gasteiger partial charge on any atom is -0.328 e. The summed E-state index contributed by atoms with van der Waals surface area (Å²) in [6, 6.07) is 20.6. The number of pyridine rings is 1. The predicted molar refractivity (Wildman–Crippen MR) is 90.7 cm³/mol. The van der Waals surface area contributed by atoms with Gasteiger partial charge in [-0.1, -0.05) is 48.5 Å². The molecule has 3 rings (SSSR count). The van der Waals surface area contributed by atoms with E-state index in [4.69, 9.17) is 0 Å². The maximum Gasteiger partial charge on any atom is 0.257 e. The van der Waals surface area contributed by atoms with E-state index >= 15 is 0 Å². The van der Waals surface area contributed by atoms with Crippen molar-refractivity contribution < 1.29 is 4.79 Å². The first-order chi connectivity index (χ1) is 11.2. The van der Waals surface area contributed by atoms with Crippen molar-refractivity contribution >= 4 is 11.6 Å². The number of carbonyl (C=O) groups excluding carboxylic acids is 1. The van der Waals surface area contributed by atoms with Gasteiger partial charge in [0.25, 0.3) is 5.91 Å². The highest BCUT2D eigenvalue weighted by atomic mass is 16.1. The second-order valence-electron chi connectivity index (χ2n) is 5.22. The minimum absolute atomic E-state index is 0.231. The summed E-state index contributed by atoms with van der Waals surface area (Å²) in [6.07, 6.45) is 2.15. The van der Waals surface area contributed by atoms with Crippen LogP contribution in [0.4, 0.5) is 5.69 Å². The summed E-state index contributed by atoms with van der Waals surface area (Å²) in [5.74, 6) is -0.248. The van der Waals surface area contributed by atoms with Gasteiger partial charge in [-0.2, -0.15) is 0 Å². The van der Waals surface area contributed by atoms with E-state index in [0.717, 1.165) is 17.7 Å². The van der Waals surface area contributed by atoms with Gasteiger partial charge in [-0.25, -0.2) is 0 Å². The number of para-hydroxylation sites is 1. The number of hydrogen-bond acceptors (Lipinski definition) is 2. The molecule has 23 heavy (non-hydrogen) atoms. The molecule has 0 aliphatic heterocycles. The summed E-state index contributed by atoms with van der Waals surface area (Å²) in [4.78, 5) is 25.9. The molecule has 0 aliphatic carbocycles. The molecule has 2 aromatic carbocycles. The monoisotopic (exact) mass is 304 g/mol. The quantitative estimate of drug-likeness (QED) is 0.777. The molecule has 0 fully saturated rings. The van der Waals surface area contributed by atoms with Crippen LogP contribution in [0.5, 0.6) is 0 Å². The number of carbonyl (C=O) groups is 1. The van der Waals surface area contributed by atoms with Crippen molar-refractivity contribution in [2.24, 2.45) is 0 Å². The number of aromatic nitrogens is 1. The number of benzene rings is 2. The molecule has 2 N–H and O–H groups in total. The van der Waals surface area contributed by atoms with Gasteiger partial charge in [0.2, 0.25) is 5.56 Å². The van der Waals surface area contributed by atoms with Crippen LogP contribution < -0.4 is 10.9 Å². The Kier molecular flexibility index (Phi) is 4.34. The molecular formula is C19H16N2O2. The number of hydrogen-bond donors (Lipinski definition) is 2. The molecule has 0 spiro atoms. The molecule has 0 unspecified atom stereocenters. The van der Waals surface area contributed by atoms with Gasteiger partial charge in [0.05, 0.1) is 5.56 Å². The van der Waals surface area contributed by atoms with E-state index in [0.29, 0.717) is 5.56 Å². The number of H-pyrrole nitrogens is 1. The van der Waals surface area contributed by atoms with Crippen molar-refractivity contribution in [2.45, 2.75) is 6.42 Å². The van der Waals surface area contributed by atoms with Crippen LogP contribution in [0.3, 0.4) is 0 Å². The van der Waals surface area contributed by atoms with Gasteiger partial charge in [0.1, 0.15) is 0 Å². The molecule has 4 nitrogen and oxygen atoms in total. The molecule has 114 valence electrons. The van der Waals surface area contributed by atoms with Crippen molar-refractivity contribution in [3.8, 4) is 0 Å². The second-order valence-corrected chi connectivity index (χ2v) is 5.22. The van der Waals surface area contributed by atoms with E-state index in [1.165, 1.54) is 23.9 Å². The Hall–Kier alpha value is -3.14. The molecular weight excluding hydrogens is 288 g/mol. The average Bonchev–Trinajstić information content (AvgIpc) is 2.58. The number of aromatic amines is 1. The Morgan fingerprint density at radius 1 is 0.913 bits per heavy atom. The first kappa shape index (κ1) is 14.8. The zero-order chi connectivity index (χ0) is 16.1. The summed E-state index contributed by atoms with van der Waals surface area (Å²) in [6.45, 7) is 0. The van der Waals surface area contributed by atoms with Gasteiger partial charge in [-0.05, 0) is 29.7 Å². The lowest BCUT2D eigenvalue weighted by Crippen LogP contribution is -2.15. The highest BCUT2D eigenvalue weighted by Crippen LogP contribution is 2.19. The second kappa shape index (κ2) is 6.75.